The van der Waals surface area contributed by atoms with Gasteiger partial charge in [0.1, 0.15) is 11.5 Å². The van der Waals surface area contributed by atoms with Crippen LogP contribution in [0, 0.1) is 0 Å². The number of nitrogens with one attached hydrogen (secondary N) is 1. The number of methoxy groups -OCH3 is 1. The minimum atomic E-state index is -3.62. The Morgan fingerprint density at radius 1 is 0.909 bits per heavy atom. The Morgan fingerprint density at radius 3 is 1.95 bits per heavy atom. The van der Waals surface area contributed by atoms with E-state index in [1.165, 1.54) is 19.2 Å². The minimum Gasteiger partial charge on any atom is -0.497 e. The third-order valence-corrected chi connectivity index (χ3v) is 4.25. The third-order valence-electron chi connectivity index (χ3n) is 2.85. The van der Waals surface area contributed by atoms with E-state index in [9.17, 15) is 8.42 Å². The van der Waals surface area contributed by atoms with E-state index in [0.717, 1.165) is 0 Å². The van der Waals surface area contributed by atoms with Gasteiger partial charge in [0, 0.05) is 5.69 Å². The van der Waals surface area contributed by atoms with Gasteiger partial charge in [0.05, 0.1) is 18.1 Å². The standard InChI is InChI=1S/C16H19NO4S/c1-12(2)21-15-6-4-13(5-7-15)17-22(18,19)16-10-8-14(20-3)9-11-16/h4-12,17H,1-3H3. The zero-order valence-corrected chi connectivity index (χ0v) is 13.6. The van der Waals surface area contributed by atoms with Crippen LogP contribution in [-0.4, -0.2) is 21.6 Å². The van der Waals surface area contributed by atoms with Crippen molar-refractivity contribution >= 4 is 15.7 Å². The summed E-state index contributed by atoms with van der Waals surface area (Å²) < 4.78 is 37.6. The molecule has 2 aromatic rings. The predicted molar refractivity (Wildman–Crippen MR) is 86.0 cm³/mol. The van der Waals surface area contributed by atoms with Crippen molar-refractivity contribution in [2.45, 2.75) is 24.8 Å². The second-order valence-electron chi connectivity index (χ2n) is 4.97. The Labute approximate surface area is 130 Å². The highest BCUT2D eigenvalue weighted by atomic mass is 32.2. The summed E-state index contributed by atoms with van der Waals surface area (Å²) in [7, 11) is -2.09. The molecule has 0 heterocycles. The predicted octanol–water partition coefficient (Wildman–Crippen LogP) is 3.28. The molecular weight excluding hydrogens is 302 g/mol. The van der Waals surface area contributed by atoms with Gasteiger partial charge in [0.2, 0.25) is 0 Å². The molecule has 0 unspecified atom stereocenters. The number of sulfonamides is 1. The topological polar surface area (TPSA) is 64.6 Å². The molecule has 2 aromatic carbocycles. The van der Waals surface area contributed by atoms with E-state index in [2.05, 4.69) is 4.72 Å². The van der Waals surface area contributed by atoms with Gasteiger partial charge in [-0.25, -0.2) is 8.42 Å². The van der Waals surface area contributed by atoms with Crippen LogP contribution in [0.2, 0.25) is 0 Å². The van der Waals surface area contributed by atoms with Crippen LogP contribution in [0.25, 0.3) is 0 Å². The quantitative estimate of drug-likeness (QED) is 0.887. The summed E-state index contributed by atoms with van der Waals surface area (Å²) in [6, 6.07) is 13.0. The first kappa shape index (κ1) is 16.2. The summed E-state index contributed by atoms with van der Waals surface area (Å²) >= 11 is 0. The summed E-state index contributed by atoms with van der Waals surface area (Å²) in [4.78, 5) is 0.177. The van der Waals surface area contributed by atoms with Crippen molar-refractivity contribution in [1.29, 1.82) is 0 Å². The van der Waals surface area contributed by atoms with Gasteiger partial charge in [-0.3, -0.25) is 4.72 Å². The molecule has 0 aliphatic carbocycles. The van der Waals surface area contributed by atoms with Gasteiger partial charge in [-0.05, 0) is 62.4 Å². The van der Waals surface area contributed by atoms with E-state index in [4.69, 9.17) is 9.47 Å². The summed E-state index contributed by atoms with van der Waals surface area (Å²) in [6.07, 6.45) is 0.0711. The van der Waals surface area contributed by atoms with Crippen LogP contribution in [0.3, 0.4) is 0 Å². The summed E-state index contributed by atoms with van der Waals surface area (Å²) in [6.45, 7) is 3.86. The molecular formula is C16H19NO4S. The van der Waals surface area contributed by atoms with Crippen molar-refractivity contribution in [3.63, 3.8) is 0 Å². The maximum atomic E-state index is 12.3. The van der Waals surface area contributed by atoms with E-state index < -0.39 is 10.0 Å². The molecule has 22 heavy (non-hydrogen) atoms. The van der Waals surface area contributed by atoms with Gasteiger partial charge < -0.3 is 9.47 Å². The fourth-order valence-electron chi connectivity index (χ4n) is 1.84. The van der Waals surface area contributed by atoms with E-state index in [0.29, 0.717) is 17.2 Å². The number of anilines is 1. The molecule has 0 amide bonds. The van der Waals surface area contributed by atoms with E-state index in [1.807, 2.05) is 13.8 Å². The zero-order valence-electron chi connectivity index (χ0n) is 12.7. The highest BCUT2D eigenvalue weighted by Crippen LogP contribution is 2.21. The van der Waals surface area contributed by atoms with Gasteiger partial charge >= 0.3 is 0 Å². The number of rotatable bonds is 6. The van der Waals surface area contributed by atoms with Crippen LogP contribution < -0.4 is 14.2 Å². The molecule has 5 nitrogen and oxygen atoms in total. The van der Waals surface area contributed by atoms with Crippen molar-refractivity contribution in [2.24, 2.45) is 0 Å². The number of ether oxygens (including phenoxy) is 2. The largest absolute Gasteiger partial charge is 0.497 e. The normalized spacial score (nSPS) is 11.3. The second kappa shape index (κ2) is 6.70. The Bertz CT molecular complexity index is 707. The Hall–Kier alpha value is -2.21. The molecule has 0 bridgehead atoms. The molecule has 0 aromatic heterocycles. The van der Waals surface area contributed by atoms with Gasteiger partial charge in [-0.15, -0.1) is 0 Å². The first-order chi connectivity index (χ1) is 10.4. The maximum absolute atomic E-state index is 12.3. The smallest absolute Gasteiger partial charge is 0.261 e. The zero-order chi connectivity index (χ0) is 16.2. The van der Waals surface area contributed by atoms with Crippen LogP contribution in [-0.2, 0) is 10.0 Å². The highest BCUT2D eigenvalue weighted by molar-refractivity contribution is 7.92. The van der Waals surface area contributed by atoms with Crippen LogP contribution in [0.4, 0.5) is 5.69 Å². The molecule has 0 saturated heterocycles. The molecule has 2 rings (SSSR count). The lowest BCUT2D eigenvalue weighted by atomic mass is 10.3. The van der Waals surface area contributed by atoms with Crippen molar-refractivity contribution in [1.82, 2.24) is 0 Å². The molecule has 0 aliphatic heterocycles. The lowest BCUT2D eigenvalue weighted by Crippen LogP contribution is -2.13. The first-order valence-corrected chi connectivity index (χ1v) is 8.32. The van der Waals surface area contributed by atoms with Crippen molar-refractivity contribution in [3.8, 4) is 11.5 Å². The lowest BCUT2D eigenvalue weighted by Gasteiger charge is -2.11. The van der Waals surface area contributed by atoms with Crippen molar-refractivity contribution in [3.05, 3.63) is 48.5 Å². The van der Waals surface area contributed by atoms with Crippen molar-refractivity contribution < 1.29 is 17.9 Å². The number of hydrogen-bond donors (Lipinski definition) is 1. The Kier molecular flexibility index (Phi) is 4.92. The highest BCUT2D eigenvalue weighted by Gasteiger charge is 2.14. The Balaban J connectivity index is 2.13. The molecule has 118 valence electrons. The Morgan fingerprint density at radius 2 is 1.45 bits per heavy atom. The SMILES string of the molecule is COc1ccc(S(=O)(=O)Nc2ccc(OC(C)C)cc2)cc1. The molecule has 0 fully saturated rings. The second-order valence-corrected chi connectivity index (χ2v) is 6.65. The van der Waals surface area contributed by atoms with Crippen LogP contribution in [0.15, 0.2) is 53.4 Å². The molecule has 0 atom stereocenters. The summed E-state index contributed by atoms with van der Waals surface area (Å²) in [5, 5.41) is 0. The van der Waals surface area contributed by atoms with Gasteiger partial charge in [0.15, 0.2) is 0 Å². The molecule has 0 aliphatic rings. The van der Waals surface area contributed by atoms with Crippen LogP contribution in [0.5, 0.6) is 11.5 Å². The monoisotopic (exact) mass is 321 g/mol. The minimum absolute atomic E-state index is 0.0711. The molecule has 0 spiro atoms. The van der Waals surface area contributed by atoms with Gasteiger partial charge in [-0.2, -0.15) is 0 Å². The molecule has 1 N–H and O–H groups in total. The third kappa shape index (κ3) is 4.14. The molecule has 0 radical (unpaired) electrons. The van der Waals surface area contributed by atoms with Gasteiger partial charge in [-0.1, -0.05) is 0 Å². The first-order valence-electron chi connectivity index (χ1n) is 6.84. The lowest BCUT2D eigenvalue weighted by molar-refractivity contribution is 0.242. The summed E-state index contributed by atoms with van der Waals surface area (Å²) in [5.41, 5.74) is 0.479. The van der Waals surface area contributed by atoms with Gasteiger partial charge in [0.25, 0.3) is 10.0 Å². The summed E-state index contributed by atoms with van der Waals surface area (Å²) in [5.74, 6) is 1.30. The molecule has 6 heteroatoms. The fourth-order valence-corrected chi connectivity index (χ4v) is 2.90. The number of hydrogen-bond acceptors (Lipinski definition) is 4. The van der Waals surface area contributed by atoms with E-state index in [1.54, 1.807) is 36.4 Å². The van der Waals surface area contributed by atoms with Crippen molar-refractivity contribution in [2.75, 3.05) is 11.8 Å². The molecule has 0 saturated carbocycles. The average Bonchev–Trinajstić information content (AvgIpc) is 2.48. The van der Waals surface area contributed by atoms with Crippen LogP contribution >= 0.6 is 0 Å². The average molecular weight is 321 g/mol. The maximum Gasteiger partial charge on any atom is 0.261 e. The van der Waals surface area contributed by atoms with E-state index >= 15 is 0 Å². The van der Waals surface area contributed by atoms with E-state index in [-0.39, 0.29) is 11.0 Å². The van der Waals surface area contributed by atoms with Crippen LogP contribution in [0.1, 0.15) is 13.8 Å². The number of benzene rings is 2. The fraction of sp³-hybridized carbons (Fsp3) is 0.250.